The first kappa shape index (κ1) is 14.8. The topological polar surface area (TPSA) is 71.7 Å². The first-order chi connectivity index (χ1) is 10.1. The van der Waals surface area contributed by atoms with E-state index in [2.05, 4.69) is 11.9 Å². The van der Waals surface area contributed by atoms with Gasteiger partial charge in [-0.2, -0.15) is 0 Å². The average Bonchev–Trinajstić information content (AvgIpc) is 2.49. The molecule has 6 heteroatoms. The average molecular weight is 289 g/mol. The second kappa shape index (κ2) is 6.69. The molecule has 1 aromatic heterocycles. The van der Waals surface area contributed by atoms with Crippen LogP contribution in [0.3, 0.4) is 0 Å². The third kappa shape index (κ3) is 3.68. The van der Waals surface area contributed by atoms with Gasteiger partial charge in [0.25, 0.3) is 0 Å². The van der Waals surface area contributed by atoms with Crippen LogP contribution in [-0.4, -0.2) is 22.2 Å². The maximum Gasteiger partial charge on any atom is 0.408 e. The Balaban J connectivity index is 2.20. The Labute approximate surface area is 122 Å². The molecule has 21 heavy (non-hydrogen) atoms. The number of pyridine rings is 1. The molecule has 2 aromatic rings. The second-order valence-electron chi connectivity index (χ2n) is 4.46. The SMILES string of the molecule is CCCc1ccc(Oc2ccc([N+](=O)O)nc2)c(OC)c1. The molecule has 6 nitrogen and oxygen atoms in total. The van der Waals surface area contributed by atoms with E-state index in [0.717, 1.165) is 12.8 Å². The minimum atomic E-state index is -0.302. The van der Waals surface area contributed by atoms with E-state index in [1.54, 1.807) is 13.2 Å². The highest BCUT2D eigenvalue weighted by molar-refractivity contribution is 5.45. The molecule has 0 radical (unpaired) electrons. The molecular weight excluding hydrogens is 272 g/mol. The van der Waals surface area contributed by atoms with Crippen molar-refractivity contribution in [3.8, 4) is 17.2 Å². The molecule has 2 rings (SSSR count). The minimum Gasteiger partial charge on any atom is -0.493 e. The standard InChI is InChI=1S/C15H17N2O4/c1-3-4-11-5-7-13(14(9-11)20-2)21-12-6-8-15(16-10-12)17(18)19/h5-10H,3-4H2,1-2H3,(H,18,19)/q+1. The number of aromatic nitrogens is 1. The minimum absolute atomic E-state index is 0.104. The zero-order chi connectivity index (χ0) is 15.2. The Hall–Kier alpha value is -2.63. The molecule has 0 saturated carbocycles. The van der Waals surface area contributed by atoms with E-state index < -0.39 is 0 Å². The number of hydrogen-bond donors (Lipinski definition) is 1. The highest BCUT2D eigenvalue weighted by Crippen LogP contribution is 2.32. The van der Waals surface area contributed by atoms with Gasteiger partial charge in [0.1, 0.15) is 0 Å². The maximum absolute atomic E-state index is 10.7. The summed E-state index contributed by atoms with van der Waals surface area (Å²) < 4.78 is 11.0. The van der Waals surface area contributed by atoms with Crippen molar-refractivity contribution in [2.24, 2.45) is 0 Å². The molecule has 0 aliphatic rings. The summed E-state index contributed by atoms with van der Waals surface area (Å²) in [4.78, 5) is 14.1. The van der Waals surface area contributed by atoms with Gasteiger partial charge in [-0.1, -0.05) is 19.4 Å². The number of benzene rings is 1. The van der Waals surface area contributed by atoms with Gasteiger partial charge in [0.2, 0.25) is 0 Å². The van der Waals surface area contributed by atoms with Gasteiger partial charge >= 0.3 is 5.82 Å². The number of ether oxygens (including phenoxy) is 2. The van der Waals surface area contributed by atoms with E-state index in [0.29, 0.717) is 17.2 Å². The third-order valence-corrected chi connectivity index (χ3v) is 2.91. The highest BCUT2D eigenvalue weighted by Gasteiger charge is 2.13. The molecule has 0 fully saturated rings. The van der Waals surface area contributed by atoms with Gasteiger partial charge in [-0.15, -0.1) is 0 Å². The van der Waals surface area contributed by atoms with E-state index in [9.17, 15) is 4.91 Å². The molecule has 1 aromatic carbocycles. The Morgan fingerprint density at radius 2 is 2.05 bits per heavy atom. The van der Waals surface area contributed by atoms with Crippen molar-refractivity contribution in [3.05, 3.63) is 47.0 Å². The number of hydrogen-bond acceptors (Lipinski definition) is 4. The maximum atomic E-state index is 10.7. The molecule has 0 aliphatic heterocycles. The van der Waals surface area contributed by atoms with Crippen LogP contribution in [0.2, 0.25) is 0 Å². The zero-order valence-electron chi connectivity index (χ0n) is 11.9. The predicted octanol–water partition coefficient (Wildman–Crippen LogP) is 3.63. The highest BCUT2D eigenvalue weighted by atomic mass is 16.6. The van der Waals surface area contributed by atoms with E-state index >= 15 is 0 Å². The summed E-state index contributed by atoms with van der Waals surface area (Å²) in [6, 6.07) is 8.66. The van der Waals surface area contributed by atoms with Gasteiger partial charge in [0, 0.05) is 6.07 Å². The monoisotopic (exact) mass is 289 g/mol. The summed E-state index contributed by atoms with van der Waals surface area (Å²) >= 11 is 0. The van der Waals surface area contributed by atoms with Crippen LogP contribution in [0.15, 0.2) is 36.5 Å². The van der Waals surface area contributed by atoms with Crippen LogP contribution < -0.4 is 9.47 Å². The summed E-state index contributed by atoms with van der Waals surface area (Å²) in [5.41, 5.74) is 1.18. The lowest BCUT2D eigenvalue weighted by Gasteiger charge is -2.10. The van der Waals surface area contributed by atoms with Gasteiger partial charge in [-0.05, 0) is 40.1 Å². The van der Waals surface area contributed by atoms with Gasteiger partial charge < -0.3 is 14.7 Å². The summed E-state index contributed by atoms with van der Waals surface area (Å²) in [6.45, 7) is 2.12. The molecule has 1 heterocycles. The molecule has 0 bridgehead atoms. The molecule has 0 unspecified atom stereocenters. The predicted molar refractivity (Wildman–Crippen MR) is 76.4 cm³/mol. The molecule has 0 spiro atoms. The van der Waals surface area contributed by atoms with Crippen molar-refractivity contribution in [2.45, 2.75) is 19.8 Å². The molecule has 0 aliphatic carbocycles. The molecular formula is C15H17N2O4+. The van der Waals surface area contributed by atoms with Crippen LogP contribution in [0.1, 0.15) is 18.9 Å². The van der Waals surface area contributed by atoms with Gasteiger partial charge in [-0.25, -0.2) is 0 Å². The van der Waals surface area contributed by atoms with Gasteiger partial charge in [0.05, 0.1) is 7.11 Å². The fourth-order valence-electron chi connectivity index (χ4n) is 1.91. The Morgan fingerprint density at radius 1 is 1.24 bits per heavy atom. The van der Waals surface area contributed by atoms with Crippen LogP contribution in [0, 0.1) is 4.91 Å². The number of methoxy groups -OCH3 is 1. The molecule has 110 valence electrons. The van der Waals surface area contributed by atoms with Crippen LogP contribution in [-0.2, 0) is 6.42 Å². The van der Waals surface area contributed by atoms with Crippen molar-refractivity contribution in [1.29, 1.82) is 0 Å². The number of nitrogens with zero attached hydrogens (tertiary/aromatic N) is 2. The summed E-state index contributed by atoms with van der Waals surface area (Å²) in [6.07, 6.45) is 3.39. The van der Waals surface area contributed by atoms with Crippen molar-refractivity contribution in [3.63, 3.8) is 0 Å². The van der Waals surface area contributed by atoms with Crippen LogP contribution in [0.4, 0.5) is 5.82 Å². The fourth-order valence-corrected chi connectivity index (χ4v) is 1.91. The number of rotatable bonds is 6. The lowest BCUT2D eigenvalue weighted by Crippen LogP contribution is -1.96. The van der Waals surface area contributed by atoms with Crippen molar-refractivity contribution in [2.75, 3.05) is 7.11 Å². The van der Waals surface area contributed by atoms with Gasteiger partial charge in [-0.3, -0.25) is 0 Å². The Kier molecular flexibility index (Phi) is 4.71. The molecule has 0 amide bonds. The summed E-state index contributed by atoms with van der Waals surface area (Å²) in [5, 5.41) is 8.72. The lowest BCUT2D eigenvalue weighted by atomic mass is 10.1. The summed E-state index contributed by atoms with van der Waals surface area (Å²) in [7, 11) is 1.58. The van der Waals surface area contributed by atoms with Crippen LogP contribution in [0.5, 0.6) is 17.2 Å². The van der Waals surface area contributed by atoms with E-state index in [1.165, 1.54) is 17.8 Å². The largest absolute Gasteiger partial charge is 0.493 e. The van der Waals surface area contributed by atoms with Crippen LogP contribution in [0.25, 0.3) is 0 Å². The first-order valence-corrected chi connectivity index (χ1v) is 6.61. The van der Waals surface area contributed by atoms with Crippen molar-refractivity contribution < 1.29 is 19.6 Å². The molecule has 1 N–H and O–H groups in total. The zero-order valence-corrected chi connectivity index (χ0v) is 11.9. The summed E-state index contributed by atoms with van der Waals surface area (Å²) in [5.74, 6) is 1.54. The molecule has 0 atom stereocenters. The first-order valence-electron chi connectivity index (χ1n) is 6.61. The van der Waals surface area contributed by atoms with E-state index in [-0.39, 0.29) is 10.7 Å². The van der Waals surface area contributed by atoms with Crippen LogP contribution >= 0.6 is 0 Å². The lowest BCUT2D eigenvalue weighted by molar-refractivity contribution is -0.732. The Morgan fingerprint density at radius 3 is 2.62 bits per heavy atom. The number of aryl methyl sites for hydroxylation is 1. The fraction of sp³-hybridized carbons (Fsp3) is 0.267. The van der Waals surface area contributed by atoms with E-state index in [4.69, 9.17) is 14.7 Å². The van der Waals surface area contributed by atoms with Gasteiger partial charge in [0.15, 0.2) is 28.4 Å². The quantitative estimate of drug-likeness (QED) is 0.822. The Bertz CT molecular complexity index is 626. The smallest absolute Gasteiger partial charge is 0.408 e. The second-order valence-corrected chi connectivity index (χ2v) is 4.46. The molecule has 0 saturated heterocycles. The van der Waals surface area contributed by atoms with Crippen molar-refractivity contribution in [1.82, 2.24) is 4.98 Å². The third-order valence-electron chi connectivity index (χ3n) is 2.91. The normalized spacial score (nSPS) is 10.2. The van der Waals surface area contributed by atoms with Crippen molar-refractivity contribution >= 4 is 5.82 Å². The van der Waals surface area contributed by atoms with E-state index in [1.807, 2.05) is 18.2 Å².